The van der Waals surface area contributed by atoms with Crippen LogP contribution in [0.1, 0.15) is 25.5 Å². The van der Waals surface area contributed by atoms with Crippen molar-refractivity contribution in [3.05, 3.63) is 29.8 Å². The minimum absolute atomic E-state index is 0.0866. The third-order valence-corrected chi connectivity index (χ3v) is 3.62. The molecule has 0 bridgehead atoms. The Bertz CT molecular complexity index is 336. The molecule has 96 valence electrons. The number of hydrogen-bond acceptors (Lipinski definition) is 4. The Morgan fingerprint density at radius 1 is 1.24 bits per heavy atom. The Morgan fingerprint density at radius 2 is 1.76 bits per heavy atom. The van der Waals surface area contributed by atoms with Crippen LogP contribution < -0.4 is 5.32 Å². The predicted octanol–water partition coefficient (Wildman–Crippen LogP) is 1.80. The first kappa shape index (κ1) is 14.5. The monoisotopic (exact) mass is 255 g/mol. The zero-order valence-corrected chi connectivity index (χ0v) is 11.4. The Labute approximate surface area is 107 Å². The second kappa shape index (κ2) is 6.40. The van der Waals surface area contributed by atoms with Gasteiger partial charge in [-0.1, -0.05) is 12.1 Å². The summed E-state index contributed by atoms with van der Waals surface area (Å²) in [6.45, 7) is 3.66. The van der Waals surface area contributed by atoms with Crippen LogP contribution in [-0.2, 0) is 0 Å². The molecule has 0 fully saturated rings. The van der Waals surface area contributed by atoms with E-state index in [4.69, 9.17) is 0 Å². The fourth-order valence-corrected chi connectivity index (χ4v) is 2.05. The normalized spacial score (nSPS) is 13.7. The number of nitrogens with one attached hydrogen (secondary N) is 1. The van der Waals surface area contributed by atoms with Crippen LogP contribution >= 0.6 is 11.8 Å². The minimum Gasteiger partial charge on any atom is -0.394 e. The lowest BCUT2D eigenvalue weighted by Gasteiger charge is -2.30. The van der Waals surface area contributed by atoms with Crippen molar-refractivity contribution in [2.24, 2.45) is 0 Å². The van der Waals surface area contributed by atoms with E-state index >= 15 is 0 Å². The molecule has 0 heterocycles. The van der Waals surface area contributed by atoms with E-state index in [1.807, 2.05) is 13.2 Å². The average Bonchev–Trinajstić information content (AvgIpc) is 2.38. The fourth-order valence-electron chi connectivity index (χ4n) is 1.64. The van der Waals surface area contributed by atoms with Crippen molar-refractivity contribution in [2.45, 2.75) is 30.3 Å². The maximum Gasteiger partial charge on any atom is 0.0633 e. The number of rotatable bonds is 6. The Balaban J connectivity index is 2.71. The van der Waals surface area contributed by atoms with Gasteiger partial charge in [-0.15, -0.1) is 11.8 Å². The van der Waals surface area contributed by atoms with Crippen molar-refractivity contribution >= 4 is 11.8 Å². The first-order valence-electron chi connectivity index (χ1n) is 5.68. The van der Waals surface area contributed by atoms with Crippen LogP contribution in [0, 0.1) is 0 Å². The molecule has 0 aliphatic carbocycles. The molecule has 4 heteroatoms. The van der Waals surface area contributed by atoms with Gasteiger partial charge in [-0.05, 0) is 37.8 Å². The highest BCUT2D eigenvalue weighted by Crippen LogP contribution is 2.20. The summed E-state index contributed by atoms with van der Waals surface area (Å²) < 4.78 is 0. The van der Waals surface area contributed by atoms with E-state index in [9.17, 15) is 10.2 Å². The summed E-state index contributed by atoms with van der Waals surface area (Å²) in [5.41, 5.74) is 0.508. The van der Waals surface area contributed by atoms with E-state index in [0.717, 1.165) is 5.56 Å². The standard InChI is InChI=1S/C13H21NO2S/c1-10(14-13(2,8-15)9-16)11-4-6-12(17-3)7-5-11/h4-7,10,14-16H,8-9H2,1-3H3. The zero-order chi connectivity index (χ0) is 12.9. The van der Waals surface area contributed by atoms with Gasteiger partial charge < -0.3 is 15.5 Å². The number of aliphatic hydroxyl groups excluding tert-OH is 2. The van der Waals surface area contributed by atoms with Crippen molar-refractivity contribution in [3.8, 4) is 0 Å². The van der Waals surface area contributed by atoms with Crippen LogP contribution in [0.2, 0.25) is 0 Å². The highest BCUT2D eigenvalue weighted by molar-refractivity contribution is 7.98. The van der Waals surface area contributed by atoms with Crippen LogP contribution in [0.3, 0.4) is 0 Å². The SMILES string of the molecule is CSc1ccc(C(C)NC(C)(CO)CO)cc1. The summed E-state index contributed by atoms with van der Waals surface area (Å²) in [5.74, 6) is 0. The molecule has 0 spiro atoms. The van der Waals surface area contributed by atoms with Gasteiger partial charge in [-0.3, -0.25) is 0 Å². The average molecular weight is 255 g/mol. The van der Waals surface area contributed by atoms with Gasteiger partial charge in [0.2, 0.25) is 0 Å². The fraction of sp³-hybridized carbons (Fsp3) is 0.538. The summed E-state index contributed by atoms with van der Waals surface area (Å²) in [6, 6.07) is 8.38. The second-order valence-corrected chi connectivity index (χ2v) is 5.40. The van der Waals surface area contributed by atoms with Gasteiger partial charge >= 0.3 is 0 Å². The number of aliphatic hydroxyl groups is 2. The molecule has 1 aromatic carbocycles. The lowest BCUT2D eigenvalue weighted by Crippen LogP contribution is -2.49. The molecule has 3 N–H and O–H groups in total. The minimum atomic E-state index is -0.641. The van der Waals surface area contributed by atoms with Gasteiger partial charge in [0.05, 0.1) is 18.8 Å². The van der Waals surface area contributed by atoms with Gasteiger partial charge in [-0.25, -0.2) is 0 Å². The van der Waals surface area contributed by atoms with Crippen LogP contribution in [0.25, 0.3) is 0 Å². The van der Waals surface area contributed by atoms with E-state index < -0.39 is 5.54 Å². The molecule has 17 heavy (non-hydrogen) atoms. The van der Waals surface area contributed by atoms with Crippen molar-refractivity contribution in [3.63, 3.8) is 0 Å². The molecule has 0 aliphatic heterocycles. The molecule has 0 aromatic heterocycles. The predicted molar refractivity (Wildman–Crippen MR) is 72.4 cm³/mol. The third-order valence-electron chi connectivity index (χ3n) is 2.88. The van der Waals surface area contributed by atoms with Crippen molar-refractivity contribution in [1.82, 2.24) is 5.32 Å². The van der Waals surface area contributed by atoms with Gasteiger partial charge in [0, 0.05) is 10.9 Å². The van der Waals surface area contributed by atoms with Crippen molar-refractivity contribution in [1.29, 1.82) is 0 Å². The highest BCUT2D eigenvalue weighted by atomic mass is 32.2. The zero-order valence-electron chi connectivity index (χ0n) is 10.6. The molecular formula is C13H21NO2S. The van der Waals surface area contributed by atoms with Gasteiger partial charge in [0.25, 0.3) is 0 Å². The molecule has 1 unspecified atom stereocenters. The first-order chi connectivity index (χ1) is 8.04. The van der Waals surface area contributed by atoms with Crippen LogP contribution in [0.15, 0.2) is 29.2 Å². The smallest absolute Gasteiger partial charge is 0.0633 e. The molecule has 0 aliphatic rings. The second-order valence-electron chi connectivity index (χ2n) is 4.52. The third kappa shape index (κ3) is 4.00. The topological polar surface area (TPSA) is 52.5 Å². The highest BCUT2D eigenvalue weighted by Gasteiger charge is 2.24. The summed E-state index contributed by atoms with van der Waals surface area (Å²) in [4.78, 5) is 1.23. The summed E-state index contributed by atoms with van der Waals surface area (Å²) in [6.07, 6.45) is 2.05. The summed E-state index contributed by atoms with van der Waals surface area (Å²) in [5, 5.41) is 21.7. The van der Waals surface area contributed by atoms with Crippen LogP contribution in [0.5, 0.6) is 0 Å². The lowest BCUT2D eigenvalue weighted by atomic mass is 10.0. The molecule has 1 aromatic rings. The Morgan fingerprint density at radius 3 is 2.18 bits per heavy atom. The first-order valence-corrected chi connectivity index (χ1v) is 6.90. The molecule has 0 saturated heterocycles. The van der Waals surface area contributed by atoms with Crippen molar-refractivity contribution in [2.75, 3.05) is 19.5 Å². The molecule has 3 nitrogen and oxygen atoms in total. The maximum atomic E-state index is 9.24. The molecule has 0 radical (unpaired) electrons. The molecule has 1 rings (SSSR count). The largest absolute Gasteiger partial charge is 0.394 e. The molecule has 1 atom stereocenters. The molecular weight excluding hydrogens is 234 g/mol. The van der Waals surface area contributed by atoms with Gasteiger partial charge in [-0.2, -0.15) is 0 Å². The van der Waals surface area contributed by atoms with E-state index in [2.05, 4.69) is 29.6 Å². The Hall–Kier alpha value is -0.550. The summed E-state index contributed by atoms with van der Waals surface area (Å²) in [7, 11) is 0. The van der Waals surface area contributed by atoms with Crippen LogP contribution in [-0.4, -0.2) is 35.2 Å². The Kier molecular flexibility index (Phi) is 5.46. The van der Waals surface area contributed by atoms with Gasteiger partial charge in [0.15, 0.2) is 0 Å². The van der Waals surface area contributed by atoms with E-state index in [-0.39, 0.29) is 19.3 Å². The number of benzene rings is 1. The summed E-state index contributed by atoms with van der Waals surface area (Å²) >= 11 is 1.71. The quantitative estimate of drug-likeness (QED) is 0.679. The maximum absolute atomic E-state index is 9.24. The van der Waals surface area contributed by atoms with Crippen molar-refractivity contribution < 1.29 is 10.2 Å². The van der Waals surface area contributed by atoms with Gasteiger partial charge in [0.1, 0.15) is 0 Å². The van der Waals surface area contributed by atoms with E-state index in [0.29, 0.717) is 0 Å². The van der Waals surface area contributed by atoms with E-state index in [1.165, 1.54) is 4.90 Å². The van der Waals surface area contributed by atoms with E-state index in [1.54, 1.807) is 18.7 Å². The molecule has 0 saturated carbocycles. The lowest BCUT2D eigenvalue weighted by molar-refractivity contribution is 0.0957. The molecule has 0 amide bonds. The number of hydrogen-bond donors (Lipinski definition) is 3. The van der Waals surface area contributed by atoms with Crippen LogP contribution in [0.4, 0.5) is 0 Å². The number of thioether (sulfide) groups is 1.